The van der Waals surface area contributed by atoms with Crippen molar-refractivity contribution in [3.63, 3.8) is 0 Å². The number of hydrogen-bond acceptors (Lipinski definition) is 6. The van der Waals surface area contributed by atoms with Crippen LogP contribution in [-0.4, -0.2) is 53.5 Å². The van der Waals surface area contributed by atoms with E-state index in [9.17, 15) is 31.5 Å². The van der Waals surface area contributed by atoms with E-state index >= 15 is 0 Å². The molecule has 1 unspecified atom stereocenters. The van der Waals surface area contributed by atoms with Crippen LogP contribution in [0.1, 0.15) is 92.1 Å². The molecule has 10 nitrogen and oxygen atoms in total. The minimum atomic E-state index is -4.57. The fourth-order valence-corrected chi connectivity index (χ4v) is 5.29. The summed E-state index contributed by atoms with van der Waals surface area (Å²) >= 11 is 0. The number of nitrogens with zero attached hydrogens (tertiary/aromatic N) is 6. The molecular formula is C26H31F5N8O2. The van der Waals surface area contributed by atoms with Crippen molar-refractivity contribution in [3.8, 4) is 0 Å². The topological polar surface area (TPSA) is 119 Å². The largest absolute Gasteiger partial charge is 0.409 e. The number of amides is 2. The molecule has 3 aromatic rings. The lowest BCUT2D eigenvalue weighted by atomic mass is 9.81. The number of halogens is 5. The van der Waals surface area contributed by atoms with Crippen LogP contribution in [0.15, 0.2) is 24.7 Å². The highest BCUT2D eigenvalue weighted by Crippen LogP contribution is 2.42. The van der Waals surface area contributed by atoms with Gasteiger partial charge in [0.25, 0.3) is 5.91 Å². The van der Waals surface area contributed by atoms with E-state index in [1.165, 1.54) is 4.52 Å². The Balaban J connectivity index is 1.41. The number of alkyl halides is 5. The summed E-state index contributed by atoms with van der Waals surface area (Å²) in [4.78, 5) is 30.4. The molecule has 2 N–H and O–H groups in total. The van der Waals surface area contributed by atoms with E-state index in [2.05, 4.69) is 30.9 Å². The monoisotopic (exact) mass is 582 g/mol. The van der Waals surface area contributed by atoms with Crippen LogP contribution in [0.4, 0.5) is 22.0 Å². The Hall–Kier alpha value is -3.65. The van der Waals surface area contributed by atoms with E-state index in [0.29, 0.717) is 28.5 Å². The second-order valence-corrected chi connectivity index (χ2v) is 10.9. The highest BCUT2D eigenvalue weighted by atomic mass is 19.4. The maximum Gasteiger partial charge on any atom is 0.409 e. The zero-order valence-corrected chi connectivity index (χ0v) is 22.4. The first kappa shape index (κ1) is 28.9. The Morgan fingerprint density at radius 2 is 1.76 bits per heavy atom. The molecule has 0 saturated heterocycles. The summed E-state index contributed by atoms with van der Waals surface area (Å²) in [6, 6.07) is 0.782. The second kappa shape index (κ2) is 11.3. The molecule has 2 amide bonds. The van der Waals surface area contributed by atoms with Crippen molar-refractivity contribution in [2.45, 2.75) is 89.0 Å². The molecule has 3 heterocycles. The fraction of sp³-hybridized carbons (Fsp3) is 0.615. The average molecular weight is 583 g/mol. The molecule has 3 aromatic heterocycles. The molecule has 2 fully saturated rings. The predicted octanol–water partition coefficient (Wildman–Crippen LogP) is 4.55. The van der Waals surface area contributed by atoms with Crippen molar-refractivity contribution in [2.24, 2.45) is 11.8 Å². The molecular weight excluding hydrogens is 551 g/mol. The van der Waals surface area contributed by atoms with Gasteiger partial charge in [0.15, 0.2) is 17.9 Å². The summed E-state index contributed by atoms with van der Waals surface area (Å²) < 4.78 is 67.5. The summed E-state index contributed by atoms with van der Waals surface area (Å²) in [6.45, 7) is 0.473. The van der Waals surface area contributed by atoms with Crippen LogP contribution in [0.3, 0.4) is 0 Å². The molecule has 2 saturated carbocycles. The Bertz CT molecular complexity index is 1390. The molecule has 5 rings (SSSR count). The van der Waals surface area contributed by atoms with E-state index in [4.69, 9.17) is 0 Å². The van der Waals surface area contributed by atoms with Crippen molar-refractivity contribution in [1.29, 1.82) is 0 Å². The number of imidazole rings is 1. The van der Waals surface area contributed by atoms with Crippen LogP contribution in [0.2, 0.25) is 0 Å². The number of hydrogen-bond donors (Lipinski definition) is 2. The van der Waals surface area contributed by atoms with Gasteiger partial charge in [-0.2, -0.15) is 28.2 Å². The van der Waals surface area contributed by atoms with Gasteiger partial charge in [-0.3, -0.25) is 9.59 Å². The molecule has 0 bridgehead atoms. The number of carbonyl (C=O) groups excluding carboxylic acids is 2. The Labute approximate surface area is 232 Å². The number of aromatic nitrogens is 6. The van der Waals surface area contributed by atoms with E-state index < -0.39 is 36.5 Å². The number of carbonyl (C=O) groups is 2. The maximum atomic E-state index is 13.9. The first-order valence-electron chi connectivity index (χ1n) is 13.7. The van der Waals surface area contributed by atoms with Gasteiger partial charge in [0.1, 0.15) is 0 Å². The highest BCUT2D eigenvalue weighted by Gasteiger charge is 2.40. The van der Waals surface area contributed by atoms with Gasteiger partial charge in [0, 0.05) is 19.3 Å². The normalized spacial score (nSPS) is 19.2. The second-order valence-electron chi connectivity index (χ2n) is 10.9. The molecule has 15 heteroatoms. The van der Waals surface area contributed by atoms with Crippen LogP contribution in [0, 0.1) is 11.8 Å². The summed E-state index contributed by atoms with van der Waals surface area (Å²) in [5.41, 5.74) is 1.28. The van der Waals surface area contributed by atoms with Crippen molar-refractivity contribution >= 4 is 17.5 Å². The lowest BCUT2D eigenvalue weighted by molar-refractivity contribution is -0.145. The van der Waals surface area contributed by atoms with E-state index in [1.54, 1.807) is 12.4 Å². The minimum Gasteiger partial charge on any atom is -0.349 e. The summed E-state index contributed by atoms with van der Waals surface area (Å²) in [7, 11) is 0. The first-order chi connectivity index (χ1) is 19.4. The molecule has 41 heavy (non-hydrogen) atoms. The van der Waals surface area contributed by atoms with Gasteiger partial charge in [0.05, 0.1) is 36.4 Å². The molecule has 222 valence electrons. The van der Waals surface area contributed by atoms with Gasteiger partial charge >= 0.3 is 6.18 Å². The Morgan fingerprint density at radius 1 is 1.05 bits per heavy atom. The van der Waals surface area contributed by atoms with Crippen molar-refractivity contribution in [2.75, 3.05) is 0 Å². The molecule has 0 aliphatic heterocycles. The van der Waals surface area contributed by atoms with Gasteiger partial charge in [-0.1, -0.05) is 6.92 Å². The fourth-order valence-electron chi connectivity index (χ4n) is 5.29. The molecule has 0 aromatic carbocycles. The van der Waals surface area contributed by atoms with E-state index in [0.717, 1.165) is 31.0 Å². The number of rotatable bonds is 10. The third kappa shape index (κ3) is 7.17. The van der Waals surface area contributed by atoms with Gasteiger partial charge in [-0.25, -0.2) is 18.3 Å². The van der Waals surface area contributed by atoms with Crippen LogP contribution in [-0.2, 0) is 11.3 Å². The lowest BCUT2D eigenvalue weighted by Crippen LogP contribution is -2.37. The van der Waals surface area contributed by atoms with Gasteiger partial charge in [-0.05, 0) is 55.6 Å². The molecule has 0 radical (unpaired) electrons. The standard InChI is InChI=1S/C26H31F5N8O2/c1-2-3-21(40)35-22(15-4-5-15)17-10-20-34-19(13-38(20)32-11-17)23(16-6-8-25(27,28)9-7-16)36-24(41)18-12-33-39(37-18)14-26(29,30)31/h10-13,15-16,22-23H,2-9,14H2,1H3,(H,35,40)(H,36,41)/t22?,23-/m0/s1. The minimum absolute atomic E-state index is 0.0441. The predicted molar refractivity (Wildman–Crippen MR) is 135 cm³/mol. The van der Waals surface area contributed by atoms with Crippen molar-refractivity contribution in [3.05, 3.63) is 41.6 Å². The van der Waals surface area contributed by atoms with Crippen molar-refractivity contribution in [1.82, 2.24) is 40.2 Å². The highest BCUT2D eigenvalue weighted by molar-refractivity contribution is 5.92. The van der Waals surface area contributed by atoms with Gasteiger partial charge in [-0.15, -0.1) is 5.10 Å². The molecule has 2 aliphatic carbocycles. The van der Waals surface area contributed by atoms with E-state index in [-0.39, 0.29) is 43.3 Å². The third-order valence-corrected chi connectivity index (χ3v) is 7.53. The Morgan fingerprint density at radius 3 is 2.41 bits per heavy atom. The van der Waals surface area contributed by atoms with Crippen LogP contribution in [0.5, 0.6) is 0 Å². The van der Waals surface area contributed by atoms with Gasteiger partial charge in [0.2, 0.25) is 11.8 Å². The molecule has 0 spiro atoms. The average Bonchev–Trinajstić information content (AvgIpc) is 3.48. The van der Waals surface area contributed by atoms with Crippen LogP contribution >= 0.6 is 0 Å². The lowest BCUT2D eigenvalue weighted by Gasteiger charge is -2.33. The maximum absolute atomic E-state index is 13.9. The smallest absolute Gasteiger partial charge is 0.349 e. The van der Waals surface area contributed by atoms with E-state index in [1.807, 2.05) is 13.0 Å². The number of fused-ring (bicyclic) bond motifs is 1. The summed E-state index contributed by atoms with van der Waals surface area (Å²) in [5, 5.41) is 17.4. The molecule has 2 atom stereocenters. The van der Waals surface area contributed by atoms with Crippen LogP contribution in [0.25, 0.3) is 5.65 Å². The first-order valence-corrected chi connectivity index (χ1v) is 13.7. The summed E-state index contributed by atoms with van der Waals surface area (Å²) in [5.74, 6) is -3.74. The quantitative estimate of drug-likeness (QED) is 0.339. The third-order valence-electron chi connectivity index (χ3n) is 7.53. The Kier molecular flexibility index (Phi) is 7.97. The van der Waals surface area contributed by atoms with Crippen LogP contribution < -0.4 is 10.6 Å². The summed E-state index contributed by atoms with van der Waals surface area (Å²) in [6.07, 6.45) is 2.21. The zero-order chi connectivity index (χ0) is 29.4. The van der Waals surface area contributed by atoms with Crippen molar-refractivity contribution < 1.29 is 31.5 Å². The number of nitrogens with one attached hydrogen (secondary N) is 2. The SMILES string of the molecule is CCCC(=O)NC(c1cnn2cc([C@@H](NC(=O)c3cnn(CC(F)(F)F)n3)C3CCC(F)(F)CC3)nc2c1)C1CC1. The zero-order valence-electron chi connectivity index (χ0n) is 22.4. The molecule has 2 aliphatic rings. The van der Waals surface area contributed by atoms with Gasteiger partial charge < -0.3 is 10.6 Å².